The van der Waals surface area contributed by atoms with Crippen molar-refractivity contribution in [3.05, 3.63) is 70.8 Å². The van der Waals surface area contributed by atoms with Crippen LogP contribution < -0.4 is 26.0 Å². The van der Waals surface area contributed by atoms with E-state index in [1.165, 1.54) is 30.3 Å². The summed E-state index contributed by atoms with van der Waals surface area (Å²) in [6.07, 6.45) is 1.41. The van der Waals surface area contributed by atoms with Crippen LogP contribution in [0.5, 0.6) is 5.88 Å². The number of hydrogen-bond acceptors (Lipinski definition) is 11. The van der Waals surface area contributed by atoms with Crippen molar-refractivity contribution in [1.29, 1.82) is 0 Å². The van der Waals surface area contributed by atoms with Gasteiger partial charge in [0.1, 0.15) is 23.1 Å². The molecule has 14 nitrogen and oxygen atoms in total. The van der Waals surface area contributed by atoms with Gasteiger partial charge in [-0.2, -0.15) is 9.78 Å². The Labute approximate surface area is 259 Å². The zero-order chi connectivity index (χ0) is 31.1. The second-order valence-electron chi connectivity index (χ2n) is 9.88. The van der Waals surface area contributed by atoms with E-state index in [4.69, 9.17) is 21.1 Å². The molecule has 4 heterocycles. The number of halogens is 1. The molecule has 0 saturated carbocycles. The molecule has 3 aromatic heterocycles. The molecule has 0 spiro atoms. The maximum Gasteiger partial charge on any atom is 0.271 e. The van der Waals surface area contributed by atoms with Gasteiger partial charge in [-0.15, -0.1) is 0 Å². The molecule has 4 aromatic rings. The van der Waals surface area contributed by atoms with Crippen LogP contribution >= 0.6 is 11.6 Å². The predicted molar refractivity (Wildman–Crippen MR) is 167 cm³/mol. The molecule has 1 saturated heterocycles. The van der Waals surface area contributed by atoms with Gasteiger partial charge in [-0.05, 0) is 30.7 Å². The lowest BCUT2D eigenvalue weighted by Crippen LogP contribution is -2.41. The normalized spacial score (nSPS) is 13.3. The average Bonchev–Trinajstić information content (AvgIpc) is 3.46. The van der Waals surface area contributed by atoms with Gasteiger partial charge < -0.3 is 30.7 Å². The first kappa shape index (κ1) is 30.7. The minimum atomic E-state index is -0.385. The molecule has 4 N–H and O–H groups in total. The zero-order valence-corrected chi connectivity index (χ0v) is 25.3. The first-order chi connectivity index (χ1) is 21.3. The summed E-state index contributed by atoms with van der Waals surface area (Å²) in [5.41, 5.74) is 2.60. The van der Waals surface area contributed by atoms with E-state index < -0.39 is 0 Å². The Hall–Kier alpha value is -4.79. The van der Waals surface area contributed by atoms with Gasteiger partial charge in [0.05, 0.1) is 20.3 Å². The van der Waals surface area contributed by atoms with E-state index >= 15 is 0 Å². The highest BCUT2D eigenvalue weighted by atomic mass is 35.5. The van der Waals surface area contributed by atoms with E-state index in [0.717, 1.165) is 18.7 Å². The number of nitrogens with zero attached hydrogens (tertiary/aromatic N) is 6. The Kier molecular flexibility index (Phi) is 9.84. The zero-order valence-electron chi connectivity index (χ0n) is 24.6. The molecule has 1 aliphatic rings. The second kappa shape index (κ2) is 14.1. The van der Waals surface area contributed by atoms with Gasteiger partial charge in [0.25, 0.3) is 11.8 Å². The number of morpholine rings is 1. The topological polar surface area (TPSA) is 160 Å². The van der Waals surface area contributed by atoms with Crippen LogP contribution in [0.3, 0.4) is 0 Å². The Balaban J connectivity index is 1.38. The summed E-state index contributed by atoms with van der Waals surface area (Å²) >= 11 is 6.05. The number of rotatable bonds is 11. The Morgan fingerprint density at radius 3 is 2.66 bits per heavy atom. The molecule has 0 aliphatic carbocycles. The molecule has 0 atom stereocenters. The van der Waals surface area contributed by atoms with Gasteiger partial charge in [0.2, 0.25) is 5.88 Å². The number of aryl methyl sites for hydroxylation is 1. The second-order valence-corrected chi connectivity index (χ2v) is 10.3. The fourth-order valence-corrected chi connectivity index (χ4v) is 4.68. The fourth-order valence-electron chi connectivity index (χ4n) is 4.48. The molecule has 1 aromatic carbocycles. The minimum absolute atomic E-state index is 0.140. The molecule has 44 heavy (non-hydrogen) atoms. The number of hydrogen-bond donors (Lipinski definition) is 4. The van der Waals surface area contributed by atoms with Crippen molar-refractivity contribution in [2.75, 3.05) is 69.5 Å². The highest BCUT2D eigenvalue weighted by molar-refractivity contribution is 6.30. The van der Waals surface area contributed by atoms with E-state index in [1.807, 2.05) is 13.0 Å². The van der Waals surface area contributed by atoms with Crippen molar-refractivity contribution in [2.45, 2.75) is 6.92 Å². The lowest BCUT2D eigenvalue weighted by molar-refractivity contribution is 0.0383. The van der Waals surface area contributed by atoms with Crippen molar-refractivity contribution in [1.82, 2.24) is 34.9 Å². The molecular formula is C29H33ClN10O4. The maximum atomic E-state index is 13.1. The van der Waals surface area contributed by atoms with E-state index in [0.29, 0.717) is 60.7 Å². The van der Waals surface area contributed by atoms with Crippen LogP contribution in [0.15, 0.2) is 48.8 Å². The van der Waals surface area contributed by atoms with Crippen LogP contribution in [-0.4, -0.2) is 95.0 Å². The summed E-state index contributed by atoms with van der Waals surface area (Å²) in [6.45, 7) is 6.17. The number of aromatic nitrogens is 5. The van der Waals surface area contributed by atoms with Gasteiger partial charge in [0, 0.05) is 68.4 Å². The summed E-state index contributed by atoms with van der Waals surface area (Å²) in [6, 6.07) is 11.8. The number of amides is 2. The quantitative estimate of drug-likeness (QED) is 0.182. The molecule has 2 amide bonds. The first-order valence-electron chi connectivity index (χ1n) is 13.9. The van der Waals surface area contributed by atoms with Gasteiger partial charge in [0.15, 0.2) is 11.5 Å². The molecular weight excluding hydrogens is 588 g/mol. The van der Waals surface area contributed by atoms with E-state index in [9.17, 15) is 9.59 Å². The molecule has 15 heteroatoms. The minimum Gasteiger partial charge on any atom is -0.481 e. The number of carbonyl (C=O) groups excluding carboxylic acids is 2. The van der Waals surface area contributed by atoms with E-state index in [2.05, 4.69) is 46.2 Å². The standard InChI is InChI=1S/C29H33ClN10O4/c1-18-4-5-20(35-28(41)19-12-23(30)37-27(13-19)43-3)14-21(18)36-26-15-22(29(42)32-6-7-39-8-10-44-11-9-39)38-40(26)25-16-24(31-2)33-17-34-25/h4-5,12-17,36H,6-11H2,1-3H3,(H,32,42)(H,35,41)(H,31,33,34). The van der Waals surface area contributed by atoms with Crippen LogP contribution in [0.2, 0.25) is 5.15 Å². The van der Waals surface area contributed by atoms with Crippen molar-refractivity contribution >= 4 is 46.4 Å². The van der Waals surface area contributed by atoms with Gasteiger partial charge in [-0.1, -0.05) is 17.7 Å². The van der Waals surface area contributed by atoms with Crippen molar-refractivity contribution in [2.24, 2.45) is 0 Å². The van der Waals surface area contributed by atoms with Crippen molar-refractivity contribution < 1.29 is 19.1 Å². The van der Waals surface area contributed by atoms with Crippen LogP contribution in [0, 0.1) is 6.92 Å². The van der Waals surface area contributed by atoms with Gasteiger partial charge in [-0.25, -0.2) is 15.0 Å². The lowest BCUT2D eigenvalue weighted by atomic mass is 10.1. The van der Waals surface area contributed by atoms with Crippen LogP contribution in [0.25, 0.3) is 5.82 Å². The lowest BCUT2D eigenvalue weighted by Gasteiger charge is -2.26. The average molecular weight is 621 g/mol. The van der Waals surface area contributed by atoms with Crippen molar-refractivity contribution in [3.63, 3.8) is 0 Å². The number of benzene rings is 1. The maximum absolute atomic E-state index is 13.1. The molecule has 1 fully saturated rings. The number of methoxy groups -OCH3 is 1. The largest absolute Gasteiger partial charge is 0.481 e. The van der Waals surface area contributed by atoms with Crippen LogP contribution in [0.1, 0.15) is 26.4 Å². The Bertz CT molecular complexity index is 1640. The molecule has 1 aliphatic heterocycles. The van der Waals surface area contributed by atoms with E-state index in [-0.39, 0.29) is 28.5 Å². The smallest absolute Gasteiger partial charge is 0.271 e. The predicted octanol–water partition coefficient (Wildman–Crippen LogP) is 3.13. The number of nitrogens with one attached hydrogen (secondary N) is 4. The molecule has 0 radical (unpaired) electrons. The van der Waals surface area contributed by atoms with Gasteiger partial charge >= 0.3 is 0 Å². The summed E-state index contributed by atoms with van der Waals surface area (Å²) < 4.78 is 12.1. The summed E-state index contributed by atoms with van der Waals surface area (Å²) in [5.74, 6) is 1.05. The van der Waals surface area contributed by atoms with Crippen LogP contribution in [0.4, 0.5) is 23.0 Å². The summed E-state index contributed by atoms with van der Waals surface area (Å²) in [5, 5.41) is 16.9. The Morgan fingerprint density at radius 1 is 1.07 bits per heavy atom. The first-order valence-corrected chi connectivity index (χ1v) is 14.3. The highest BCUT2D eigenvalue weighted by Gasteiger charge is 2.19. The number of ether oxygens (including phenoxy) is 2. The third-order valence-corrected chi connectivity index (χ3v) is 7.08. The highest BCUT2D eigenvalue weighted by Crippen LogP contribution is 2.27. The van der Waals surface area contributed by atoms with E-state index in [1.54, 1.807) is 31.3 Å². The number of carbonyl (C=O) groups is 2. The molecule has 230 valence electrons. The Morgan fingerprint density at radius 2 is 1.89 bits per heavy atom. The fraction of sp³-hybridized carbons (Fsp3) is 0.310. The molecule has 0 unspecified atom stereocenters. The number of pyridine rings is 1. The number of anilines is 4. The SMILES string of the molecule is CNc1cc(-n2nc(C(=O)NCCN3CCOCC3)cc2Nc2cc(NC(=O)c3cc(Cl)nc(OC)c3)ccc2C)ncn1. The van der Waals surface area contributed by atoms with Crippen LogP contribution in [-0.2, 0) is 4.74 Å². The molecule has 5 rings (SSSR count). The monoisotopic (exact) mass is 620 g/mol. The van der Waals surface area contributed by atoms with Gasteiger partial charge in [-0.3, -0.25) is 14.5 Å². The summed E-state index contributed by atoms with van der Waals surface area (Å²) in [4.78, 5) is 40.9. The third kappa shape index (κ3) is 7.58. The van der Waals surface area contributed by atoms with Crippen molar-refractivity contribution in [3.8, 4) is 11.7 Å². The summed E-state index contributed by atoms with van der Waals surface area (Å²) in [7, 11) is 3.20. The third-order valence-electron chi connectivity index (χ3n) is 6.89. The molecule has 0 bridgehead atoms.